The Morgan fingerprint density at radius 3 is 2.52 bits per heavy atom. The predicted octanol–water partition coefficient (Wildman–Crippen LogP) is 2.87. The van der Waals surface area contributed by atoms with Gasteiger partial charge in [-0.25, -0.2) is 4.21 Å². The van der Waals surface area contributed by atoms with Crippen LogP contribution in [0.4, 0.5) is 0 Å². The number of nitrogens with two attached hydrogens (primary N) is 1. The van der Waals surface area contributed by atoms with Crippen molar-refractivity contribution in [1.82, 2.24) is 10.6 Å². The molecule has 4 N–H and O–H groups in total. The van der Waals surface area contributed by atoms with E-state index in [-0.39, 0.29) is 0 Å². The van der Waals surface area contributed by atoms with Gasteiger partial charge in [-0.1, -0.05) is 30.4 Å². The number of rotatable bonds is 3. The Kier molecular flexibility index (Phi) is 5.45. The zero-order chi connectivity index (χ0) is 17.0. The lowest BCUT2D eigenvalue weighted by atomic mass is 10.1. The molecule has 1 heterocycles. The lowest BCUT2D eigenvalue weighted by Gasteiger charge is -2.15. The number of nitrogens with one attached hydrogen (secondary N) is 2. The average Bonchev–Trinajstić information content (AvgIpc) is 2.56. The van der Waals surface area contributed by atoms with E-state index >= 15 is 0 Å². The van der Waals surface area contributed by atoms with Crippen molar-refractivity contribution in [2.45, 2.75) is 25.7 Å². The molecule has 5 heteroatoms. The third-order valence-corrected chi connectivity index (χ3v) is 5.25. The van der Waals surface area contributed by atoms with E-state index in [1.807, 2.05) is 57.3 Å². The maximum Gasteiger partial charge on any atom is 0.118 e. The van der Waals surface area contributed by atoms with Gasteiger partial charge in [-0.3, -0.25) is 0 Å². The number of benzene rings is 1. The molecule has 1 aromatic carbocycles. The van der Waals surface area contributed by atoms with Crippen molar-refractivity contribution in [3.63, 3.8) is 0 Å². The van der Waals surface area contributed by atoms with Crippen molar-refractivity contribution in [3.8, 4) is 0 Å². The molecule has 0 bridgehead atoms. The fraction of sp³-hybridized carbons (Fsp3) is 0.222. The van der Waals surface area contributed by atoms with Crippen molar-refractivity contribution in [2.24, 2.45) is 5.73 Å². The first-order valence-corrected chi connectivity index (χ1v) is 8.56. The second-order valence-corrected chi connectivity index (χ2v) is 6.96. The van der Waals surface area contributed by atoms with Gasteiger partial charge in [0.1, 0.15) is 5.82 Å². The van der Waals surface area contributed by atoms with Crippen LogP contribution in [-0.2, 0) is 10.8 Å². The van der Waals surface area contributed by atoms with Gasteiger partial charge in [0, 0.05) is 23.3 Å². The minimum Gasteiger partial charge on any atom is -0.386 e. The van der Waals surface area contributed by atoms with Crippen LogP contribution in [0.15, 0.2) is 81.1 Å². The monoisotopic (exact) mass is 329 g/mol. The molecule has 0 aliphatic carbocycles. The Labute approximate surface area is 140 Å². The van der Waals surface area contributed by atoms with Gasteiger partial charge in [-0.2, -0.15) is 0 Å². The van der Waals surface area contributed by atoms with Crippen LogP contribution in [0.3, 0.4) is 0 Å². The fourth-order valence-corrected chi connectivity index (χ4v) is 3.67. The van der Waals surface area contributed by atoms with Crippen LogP contribution < -0.4 is 16.4 Å². The van der Waals surface area contributed by atoms with E-state index in [1.54, 1.807) is 0 Å². The fourth-order valence-electron chi connectivity index (χ4n) is 2.43. The summed E-state index contributed by atoms with van der Waals surface area (Å²) in [5.41, 5.74) is 10.0. The van der Waals surface area contributed by atoms with Crippen LogP contribution in [0.5, 0.6) is 0 Å². The second kappa shape index (κ2) is 7.33. The minimum atomic E-state index is -1.35. The van der Waals surface area contributed by atoms with E-state index in [2.05, 4.69) is 17.2 Å². The smallest absolute Gasteiger partial charge is 0.118 e. The van der Waals surface area contributed by atoms with Gasteiger partial charge >= 0.3 is 0 Å². The highest BCUT2D eigenvalue weighted by Crippen LogP contribution is 2.23. The van der Waals surface area contributed by atoms with Crippen LogP contribution in [0.25, 0.3) is 0 Å². The van der Waals surface area contributed by atoms with Gasteiger partial charge in [0.15, 0.2) is 0 Å². The first-order chi connectivity index (χ1) is 10.9. The standard InChI is InChI=1S/C18H23N3OS/c1-12(2)16-11-20-10-13(3)17(18(19)21-14(16)4)23(22)15-8-6-5-7-9-15/h5-10,20-21H,1,11,19H2,2-4H3/b13-10+,16-14-,18-17+. The van der Waals surface area contributed by atoms with Crippen LogP contribution in [-0.4, -0.2) is 10.8 Å². The zero-order valence-corrected chi connectivity index (χ0v) is 14.6. The third kappa shape index (κ3) is 3.93. The molecule has 1 aliphatic heterocycles. The Bertz CT molecular complexity index is 730. The van der Waals surface area contributed by atoms with Gasteiger partial charge in [0.25, 0.3) is 0 Å². The van der Waals surface area contributed by atoms with Gasteiger partial charge in [0.2, 0.25) is 0 Å². The first-order valence-electron chi connectivity index (χ1n) is 7.41. The zero-order valence-electron chi connectivity index (χ0n) is 13.8. The third-order valence-electron chi connectivity index (χ3n) is 3.63. The van der Waals surface area contributed by atoms with Gasteiger partial charge in [0.05, 0.1) is 15.7 Å². The molecule has 4 nitrogen and oxygen atoms in total. The van der Waals surface area contributed by atoms with E-state index in [0.717, 1.165) is 27.3 Å². The van der Waals surface area contributed by atoms with Crippen LogP contribution in [0.1, 0.15) is 20.8 Å². The van der Waals surface area contributed by atoms with Crippen molar-refractivity contribution in [1.29, 1.82) is 0 Å². The van der Waals surface area contributed by atoms with Crippen LogP contribution in [0.2, 0.25) is 0 Å². The maximum absolute atomic E-state index is 13.0. The van der Waals surface area contributed by atoms with E-state index in [0.29, 0.717) is 17.3 Å². The molecule has 1 atom stereocenters. The Morgan fingerprint density at radius 2 is 1.91 bits per heavy atom. The van der Waals surface area contributed by atoms with E-state index < -0.39 is 10.8 Å². The molecular formula is C18H23N3OS. The Morgan fingerprint density at radius 1 is 1.26 bits per heavy atom. The second-order valence-electron chi connectivity index (χ2n) is 5.54. The Balaban J connectivity index is 2.51. The van der Waals surface area contributed by atoms with Gasteiger partial charge in [-0.15, -0.1) is 0 Å². The van der Waals surface area contributed by atoms with Crippen LogP contribution in [0, 0.1) is 0 Å². The van der Waals surface area contributed by atoms with Gasteiger partial charge < -0.3 is 16.4 Å². The molecule has 0 radical (unpaired) electrons. The van der Waals surface area contributed by atoms with Gasteiger partial charge in [-0.05, 0) is 44.1 Å². The summed E-state index contributed by atoms with van der Waals surface area (Å²) in [7, 11) is -1.35. The van der Waals surface area contributed by atoms with Crippen molar-refractivity contribution >= 4 is 10.8 Å². The predicted molar refractivity (Wildman–Crippen MR) is 96.5 cm³/mol. The molecule has 0 spiro atoms. The van der Waals surface area contributed by atoms with Crippen LogP contribution >= 0.6 is 0 Å². The molecule has 1 aliphatic rings. The lowest BCUT2D eigenvalue weighted by molar-refractivity contribution is 0.686. The normalized spacial score (nSPS) is 25.8. The Hall–Kier alpha value is -2.27. The summed E-state index contributed by atoms with van der Waals surface area (Å²) in [6.07, 6.45) is 1.85. The molecule has 0 amide bonds. The summed E-state index contributed by atoms with van der Waals surface area (Å²) in [5, 5.41) is 6.44. The summed E-state index contributed by atoms with van der Waals surface area (Å²) < 4.78 is 13.0. The summed E-state index contributed by atoms with van der Waals surface area (Å²) in [6.45, 7) is 10.5. The quantitative estimate of drug-likeness (QED) is 0.798. The van der Waals surface area contributed by atoms with E-state index in [4.69, 9.17) is 5.73 Å². The highest BCUT2D eigenvalue weighted by atomic mass is 32.2. The lowest BCUT2D eigenvalue weighted by Crippen LogP contribution is -2.24. The summed E-state index contributed by atoms with van der Waals surface area (Å²) in [4.78, 5) is 1.31. The average molecular weight is 329 g/mol. The van der Waals surface area contributed by atoms with Crippen molar-refractivity contribution in [3.05, 3.63) is 76.3 Å². The van der Waals surface area contributed by atoms with E-state index in [1.165, 1.54) is 0 Å². The molecule has 2 rings (SSSR count). The molecule has 0 saturated carbocycles. The number of allylic oxidation sites excluding steroid dienone is 2. The molecule has 1 aromatic rings. The highest BCUT2D eigenvalue weighted by molar-refractivity contribution is 7.89. The highest BCUT2D eigenvalue weighted by Gasteiger charge is 2.18. The summed E-state index contributed by atoms with van der Waals surface area (Å²) in [5.74, 6) is 0.404. The maximum atomic E-state index is 13.0. The topological polar surface area (TPSA) is 67.1 Å². The molecule has 0 aromatic heterocycles. The van der Waals surface area contributed by atoms with E-state index in [9.17, 15) is 4.21 Å². The molecular weight excluding hydrogens is 306 g/mol. The molecule has 122 valence electrons. The molecule has 0 saturated heterocycles. The molecule has 0 fully saturated rings. The number of hydrogen-bond donors (Lipinski definition) is 3. The molecule has 23 heavy (non-hydrogen) atoms. The SMILES string of the molecule is C=C(C)/C1=C(/C)N/C(N)=C(S(=O)c2ccccc2)\C(C)=C\NC1. The minimum absolute atomic E-state index is 0.404. The van der Waals surface area contributed by atoms with Crippen molar-refractivity contribution < 1.29 is 4.21 Å². The number of hydrogen-bond acceptors (Lipinski definition) is 4. The largest absolute Gasteiger partial charge is 0.386 e. The van der Waals surface area contributed by atoms with Crippen molar-refractivity contribution in [2.75, 3.05) is 6.54 Å². The summed E-state index contributed by atoms with van der Waals surface area (Å²) >= 11 is 0. The first kappa shape index (κ1) is 17.1. The molecule has 1 unspecified atom stereocenters. The summed E-state index contributed by atoms with van der Waals surface area (Å²) in [6, 6.07) is 9.32.